The number of H-pyrrole nitrogens is 1. The van der Waals surface area contributed by atoms with Crippen LogP contribution >= 0.6 is 0 Å². The first-order valence-electron chi connectivity index (χ1n) is 8.68. The Morgan fingerprint density at radius 1 is 1.11 bits per heavy atom. The molecule has 0 aliphatic carbocycles. The molecular formula is C20H19N5O3. The summed E-state index contributed by atoms with van der Waals surface area (Å²) in [6.07, 6.45) is 7.74. The standard InChI is InChI=1S/C20H19N5O3/c1-12-4-5-25(11-12)20-21-9-13(10-22-20)6-18-23-15-8-17(28-3)16(27-2)7-14(15)19(26)24-18/h4-5,7-11H,6H2,1-3H3,(H,23,24,26). The number of aromatic amines is 1. The zero-order valence-electron chi connectivity index (χ0n) is 15.8. The van der Waals surface area contributed by atoms with Crippen LogP contribution in [0.3, 0.4) is 0 Å². The number of rotatable bonds is 5. The molecular weight excluding hydrogens is 358 g/mol. The molecule has 4 aromatic rings. The van der Waals surface area contributed by atoms with E-state index in [1.54, 1.807) is 31.6 Å². The van der Waals surface area contributed by atoms with E-state index in [9.17, 15) is 4.79 Å². The first-order valence-corrected chi connectivity index (χ1v) is 8.68. The van der Waals surface area contributed by atoms with Gasteiger partial charge in [-0.15, -0.1) is 0 Å². The quantitative estimate of drug-likeness (QED) is 0.574. The van der Waals surface area contributed by atoms with Gasteiger partial charge in [-0.1, -0.05) is 0 Å². The molecule has 8 nitrogen and oxygen atoms in total. The first kappa shape index (κ1) is 17.7. The predicted octanol–water partition coefficient (Wildman–Crippen LogP) is 2.42. The fraction of sp³-hybridized carbons (Fsp3) is 0.200. The summed E-state index contributed by atoms with van der Waals surface area (Å²) in [6, 6.07) is 5.31. The summed E-state index contributed by atoms with van der Waals surface area (Å²) >= 11 is 0. The molecule has 0 atom stereocenters. The number of aryl methyl sites for hydroxylation is 1. The van der Waals surface area contributed by atoms with E-state index in [1.807, 2.05) is 30.0 Å². The molecule has 0 aliphatic rings. The van der Waals surface area contributed by atoms with Crippen molar-refractivity contribution in [3.05, 3.63) is 70.3 Å². The van der Waals surface area contributed by atoms with Gasteiger partial charge in [-0.3, -0.25) is 9.36 Å². The highest BCUT2D eigenvalue weighted by molar-refractivity contribution is 5.81. The van der Waals surface area contributed by atoms with Crippen molar-refractivity contribution in [1.82, 2.24) is 24.5 Å². The molecule has 8 heteroatoms. The van der Waals surface area contributed by atoms with Gasteiger partial charge in [0, 0.05) is 37.3 Å². The minimum atomic E-state index is -0.235. The van der Waals surface area contributed by atoms with Gasteiger partial charge >= 0.3 is 0 Å². The number of hydrogen-bond acceptors (Lipinski definition) is 6. The number of aromatic nitrogens is 5. The molecule has 3 heterocycles. The Kier molecular flexibility index (Phi) is 4.52. The lowest BCUT2D eigenvalue weighted by Crippen LogP contribution is -2.13. The highest BCUT2D eigenvalue weighted by Gasteiger charge is 2.11. The van der Waals surface area contributed by atoms with Gasteiger partial charge in [0.2, 0.25) is 5.95 Å². The highest BCUT2D eigenvalue weighted by atomic mass is 16.5. The van der Waals surface area contributed by atoms with Gasteiger partial charge in [0.15, 0.2) is 11.5 Å². The Balaban J connectivity index is 1.65. The van der Waals surface area contributed by atoms with E-state index in [-0.39, 0.29) is 5.56 Å². The van der Waals surface area contributed by atoms with E-state index in [0.717, 1.165) is 11.1 Å². The van der Waals surface area contributed by atoms with Gasteiger partial charge in [0.05, 0.1) is 25.1 Å². The normalized spacial score (nSPS) is 11.0. The molecule has 0 aliphatic heterocycles. The van der Waals surface area contributed by atoms with Crippen LogP contribution in [-0.2, 0) is 6.42 Å². The summed E-state index contributed by atoms with van der Waals surface area (Å²) in [5.41, 5.74) is 2.28. The molecule has 0 radical (unpaired) electrons. The van der Waals surface area contributed by atoms with Crippen LogP contribution in [0.1, 0.15) is 17.0 Å². The summed E-state index contributed by atoms with van der Waals surface area (Å²) in [5.74, 6) is 2.12. The van der Waals surface area contributed by atoms with Crippen molar-refractivity contribution in [2.24, 2.45) is 0 Å². The molecule has 0 saturated carbocycles. The number of methoxy groups -OCH3 is 2. The molecule has 1 aromatic carbocycles. The molecule has 0 unspecified atom stereocenters. The lowest BCUT2D eigenvalue weighted by Gasteiger charge is -2.09. The third kappa shape index (κ3) is 3.32. The zero-order chi connectivity index (χ0) is 19.7. The van der Waals surface area contributed by atoms with Crippen LogP contribution in [0.25, 0.3) is 16.9 Å². The van der Waals surface area contributed by atoms with Crippen LogP contribution in [-0.4, -0.2) is 38.7 Å². The fourth-order valence-electron chi connectivity index (χ4n) is 2.99. The molecule has 3 aromatic heterocycles. The van der Waals surface area contributed by atoms with Crippen LogP contribution in [0.4, 0.5) is 0 Å². The summed E-state index contributed by atoms with van der Waals surface area (Å²) in [7, 11) is 3.07. The van der Waals surface area contributed by atoms with Crippen molar-refractivity contribution >= 4 is 10.9 Å². The van der Waals surface area contributed by atoms with Crippen molar-refractivity contribution < 1.29 is 9.47 Å². The molecule has 0 spiro atoms. The van der Waals surface area contributed by atoms with E-state index in [0.29, 0.717) is 40.6 Å². The van der Waals surface area contributed by atoms with Crippen molar-refractivity contribution in [1.29, 1.82) is 0 Å². The van der Waals surface area contributed by atoms with Gasteiger partial charge in [-0.05, 0) is 30.2 Å². The van der Waals surface area contributed by atoms with Crippen molar-refractivity contribution in [3.8, 4) is 17.4 Å². The number of nitrogens with one attached hydrogen (secondary N) is 1. The highest BCUT2D eigenvalue weighted by Crippen LogP contribution is 2.30. The van der Waals surface area contributed by atoms with E-state index in [2.05, 4.69) is 19.9 Å². The SMILES string of the molecule is COc1cc2nc(Cc3cnc(-n4ccc(C)c4)nc3)[nH]c(=O)c2cc1OC. The third-order valence-electron chi connectivity index (χ3n) is 4.39. The van der Waals surface area contributed by atoms with Crippen LogP contribution < -0.4 is 15.0 Å². The van der Waals surface area contributed by atoms with E-state index in [4.69, 9.17) is 9.47 Å². The summed E-state index contributed by atoms with van der Waals surface area (Å²) in [4.78, 5) is 28.6. The molecule has 142 valence electrons. The Morgan fingerprint density at radius 3 is 2.46 bits per heavy atom. The molecule has 28 heavy (non-hydrogen) atoms. The fourth-order valence-corrected chi connectivity index (χ4v) is 2.99. The smallest absolute Gasteiger partial charge is 0.258 e. The molecule has 0 fully saturated rings. The number of fused-ring (bicyclic) bond motifs is 1. The van der Waals surface area contributed by atoms with Gasteiger partial charge < -0.3 is 14.5 Å². The van der Waals surface area contributed by atoms with Crippen LogP contribution in [0, 0.1) is 6.92 Å². The van der Waals surface area contributed by atoms with Gasteiger partial charge in [0.1, 0.15) is 5.82 Å². The molecule has 0 saturated heterocycles. The van der Waals surface area contributed by atoms with Crippen LogP contribution in [0.15, 0.2) is 47.8 Å². The van der Waals surface area contributed by atoms with Crippen LogP contribution in [0.2, 0.25) is 0 Å². The number of ether oxygens (including phenoxy) is 2. The van der Waals surface area contributed by atoms with Crippen molar-refractivity contribution in [2.45, 2.75) is 13.3 Å². The summed E-state index contributed by atoms with van der Waals surface area (Å²) in [6.45, 7) is 2.01. The van der Waals surface area contributed by atoms with Crippen LogP contribution in [0.5, 0.6) is 11.5 Å². The Hall–Kier alpha value is -3.68. The van der Waals surface area contributed by atoms with Crippen molar-refractivity contribution in [3.63, 3.8) is 0 Å². The summed E-state index contributed by atoms with van der Waals surface area (Å²) in [5, 5.41) is 0.441. The second-order valence-corrected chi connectivity index (χ2v) is 6.40. The maximum absolute atomic E-state index is 12.5. The van der Waals surface area contributed by atoms with Gasteiger partial charge in [-0.2, -0.15) is 0 Å². The lowest BCUT2D eigenvalue weighted by molar-refractivity contribution is 0.355. The Morgan fingerprint density at radius 2 is 1.82 bits per heavy atom. The number of nitrogens with zero attached hydrogens (tertiary/aromatic N) is 4. The summed E-state index contributed by atoms with van der Waals surface area (Å²) < 4.78 is 12.4. The molecule has 4 rings (SSSR count). The molecule has 0 bridgehead atoms. The van der Waals surface area contributed by atoms with Gasteiger partial charge in [0.25, 0.3) is 5.56 Å². The predicted molar refractivity (Wildman–Crippen MR) is 104 cm³/mol. The zero-order valence-corrected chi connectivity index (χ0v) is 15.8. The third-order valence-corrected chi connectivity index (χ3v) is 4.39. The Labute approximate surface area is 160 Å². The van der Waals surface area contributed by atoms with E-state index in [1.165, 1.54) is 7.11 Å². The van der Waals surface area contributed by atoms with Crippen molar-refractivity contribution in [2.75, 3.05) is 14.2 Å². The largest absolute Gasteiger partial charge is 0.493 e. The lowest BCUT2D eigenvalue weighted by atomic mass is 10.2. The maximum atomic E-state index is 12.5. The topological polar surface area (TPSA) is 94.9 Å². The first-order chi connectivity index (χ1) is 13.6. The minimum absolute atomic E-state index is 0.235. The van der Waals surface area contributed by atoms with Gasteiger partial charge in [-0.25, -0.2) is 15.0 Å². The maximum Gasteiger partial charge on any atom is 0.258 e. The number of hydrogen-bond donors (Lipinski definition) is 1. The minimum Gasteiger partial charge on any atom is -0.493 e. The average Bonchev–Trinajstić information content (AvgIpc) is 3.14. The second kappa shape index (κ2) is 7.15. The molecule has 0 amide bonds. The number of benzene rings is 1. The monoisotopic (exact) mass is 377 g/mol. The van der Waals surface area contributed by atoms with E-state index >= 15 is 0 Å². The Bertz CT molecular complexity index is 1190. The molecule has 1 N–H and O–H groups in total. The second-order valence-electron chi connectivity index (χ2n) is 6.40. The van der Waals surface area contributed by atoms with E-state index < -0.39 is 0 Å². The average molecular weight is 377 g/mol.